The van der Waals surface area contributed by atoms with Gasteiger partial charge in [-0.1, -0.05) is 18.2 Å². The van der Waals surface area contributed by atoms with Gasteiger partial charge in [0.25, 0.3) is 5.91 Å². The lowest BCUT2D eigenvalue weighted by Gasteiger charge is -2.67. The Labute approximate surface area is 261 Å². The van der Waals surface area contributed by atoms with Crippen molar-refractivity contribution in [1.29, 1.82) is 5.41 Å². The van der Waals surface area contributed by atoms with Crippen molar-refractivity contribution in [3.8, 4) is 0 Å². The molecule has 2 saturated heterocycles. The molecule has 2 aromatic rings. The first kappa shape index (κ1) is 31.9. The Kier molecular flexibility index (Phi) is 6.57. The SMILES string of the molecule is CC1(C)OC(C)(C)C(C)(C)N(c2ccc(N3C(=O)O[C@@](C)(C(C)(C)N4C(=N)c5ccccc5C4=O)C3(C)C)cc2F)C1(C)C. The Balaban J connectivity index is 1.55. The van der Waals surface area contributed by atoms with Gasteiger partial charge in [0.05, 0.1) is 50.3 Å². The number of hydrogen-bond donors (Lipinski definition) is 1. The Morgan fingerprint density at radius 3 is 1.80 bits per heavy atom. The van der Waals surface area contributed by atoms with Crippen molar-refractivity contribution in [2.24, 2.45) is 0 Å². The average Bonchev–Trinajstić information content (AvgIpc) is 3.24. The van der Waals surface area contributed by atoms with Crippen molar-refractivity contribution in [1.82, 2.24) is 4.90 Å². The topological polar surface area (TPSA) is 86.2 Å². The molecule has 8 nitrogen and oxygen atoms in total. The van der Waals surface area contributed by atoms with Crippen LogP contribution in [0.5, 0.6) is 0 Å². The van der Waals surface area contributed by atoms with E-state index in [4.69, 9.17) is 14.9 Å². The molecule has 9 heteroatoms. The first-order chi connectivity index (χ1) is 19.9. The minimum atomic E-state index is -1.29. The van der Waals surface area contributed by atoms with Gasteiger partial charge in [-0.15, -0.1) is 0 Å². The van der Waals surface area contributed by atoms with Crippen LogP contribution < -0.4 is 9.80 Å². The van der Waals surface area contributed by atoms with Crippen LogP contribution in [0.4, 0.5) is 20.6 Å². The molecule has 44 heavy (non-hydrogen) atoms. The van der Waals surface area contributed by atoms with Crippen molar-refractivity contribution in [3.63, 3.8) is 0 Å². The molecule has 1 N–H and O–H groups in total. The number of carbonyl (C=O) groups excluding carboxylic acids is 2. The van der Waals surface area contributed by atoms with Crippen LogP contribution in [0.15, 0.2) is 42.5 Å². The van der Waals surface area contributed by atoms with E-state index in [9.17, 15) is 9.59 Å². The van der Waals surface area contributed by atoms with Crippen LogP contribution >= 0.6 is 0 Å². The maximum absolute atomic E-state index is 16.4. The van der Waals surface area contributed by atoms with E-state index in [1.165, 1.54) is 15.9 Å². The second-order valence-electron chi connectivity index (χ2n) is 15.6. The predicted octanol–water partition coefficient (Wildman–Crippen LogP) is 7.53. The van der Waals surface area contributed by atoms with Crippen molar-refractivity contribution in [2.45, 2.75) is 129 Å². The number of benzene rings is 2. The lowest BCUT2D eigenvalue weighted by Crippen LogP contribution is -2.78. The quantitative estimate of drug-likeness (QED) is 0.389. The van der Waals surface area contributed by atoms with Crippen LogP contribution in [0.2, 0.25) is 0 Å². The van der Waals surface area contributed by atoms with E-state index >= 15 is 4.39 Å². The zero-order valence-electron chi connectivity index (χ0n) is 28.4. The van der Waals surface area contributed by atoms with E-state index in [-0.39, 0.29) is 11.7 Å². The molecule has 5 rings (SSSR count). The summed E-state index contributed by atoms with van der Waals surface area (Å²) < 4.78 is 29.2. The van der Waals surface area contributed by atoms with Crippen LogP contribution in [-0.4, -0.2) is 61.7 Å². The fourth-order valence-corrected chi connectivity index (χ4v) is 7.60. The van der Waals surface area contributed by atoms with Crippen LogP contribution in [0.1, 0.15) is 106 Å². The number of carbonyl (C=O) groups is 2. The summed E-state index contributed by atoms with van der Waals surface area (Å²) in [6.45, 7) is 25.4. The minimum Gasteiger partial charge on any atom is -0.438 e. The number of morpholine rings is 1. The van der Waals surface area contributed by atoms with E-state index in [0.29, 0.717) is 22.5 Å². The largest absolute Gasteiger partial charge is 0.438 e. The number of amides is 2. The minimum absolute atomic E-state index is 0.0547. The maximum Gasteiger partial charge on any atom is 0.415 e. The van der Waals surface area contributed by atoms with Gasteiger partial charge in [-0.3, -0.25) is 20.0 Å². The summed E-state index contributed by atoms with van der Waals surface area (Å²) in [7, 11) is 0. The van der Waals surface area contributed by atoms with E-state index in [0.717, 1.165) is 0 Å². The van der Waals surface area contributed by atoms with Crippen LogP contribution in [-0.2, 0) is 9.47 Å². The van der Waals surface area contributed by atoms with Gasteiger partial charge in [0.15, 0.2) is 5.60 Å². The number of amidine groups is 1. The zero-order valence-corrected chi connectivity index (χ0v) is 28.4. The molecule has 0 saturated carbocycles. The molecule has 2 aromatic carbocycles. The summed E-state index contributed by atoms with van der Waals surface area (Å²) in [6.07, 6.45) is -0.650. The standard InChI is InChI=1S/C35H47FN4O4/c1-29(2)33(9,10)44-34(11,12)30(3,4)40(29)25-19-18-21(20-24(25)36)38-28(42)43-35(13,31(38,5)6)32(7,8)39-26(37)22-16-14-15-17-23(22)27(39)41/h14-20,37H,1-13H3/t35-/m1/s1. The number of fused-ring (bicyclic) bond motifs is 1. The Bertz CT molecular complexity index is 1530. The second-order valence-corrected chi connectivity index (χ2v) is 15.6. The molecule has 0 radical (unpaired) electrons. The third-order valence-electron chi connectivity index (χ3n) is 11.8. The summed E-state index contributed by atoms with van der Waals surface area (Å²) in [5.41, 5.74) is -4.16. The van der Waals surface area contributed by atoms with Gasteiger partial charge in [-0.05, 0) is 114 Å². The highest BCUT2D eigenvalue weighted by molar-refractivity contribution is 6.23. The number of nitrogens with one attached hydrogen (secondary N) is 1. The molecule has 3 aliphatic heterocycles. The third kappa shape index (κ3) is 3.80. The molecule has 2 amide bonds. The van der Waals surface area contributed by atoms with Gasteiger partial charge in [-0.2, -0.15) is 0 Å². The summed E-state index contributed by atoms with van der Waals surface area (Å²) in [5.74, 6) is -0.737. The molecular formula is C35H47FN4O4. The lowest BCUT2D eigenvalue weighted by atomic mass is 9.70. The molecule has 1 atom stereocenters. The first-order valence-electron chi connectivity index (χ1n) is 15.2. The molecule has 3 heterocycles. The number of rotatable bonds is 4. The Hall–Kier alpha value is -3.46. The highest BCUT2D eigenvalue weighted by atomic mass is 19.1. The molecule has 0 aromatic heterocycles. The molecule has 0 bridgehead atoms. The molecular weight excluding hydrogens is 559 g/mol. The number of anilines is 2. The van der Waals surface area contributed by atoms with Gasteiger partial charge < -0.3 is 14.4 Å². The molecule has 0 aliphatic carbocycles. The normalized spacial score (nSPS) is 26.6. The molecule has 0 spiro atoms. The fourth-order valence-electron chi connectivity index (χ4n) is 7.60. The number of hydrogen-bond acceptors (Lipinski definition) is 6. The van der Waals surface area contributed by atoms with E-state index < -0.39 is 50.9 Å². The van der Waals surface area contributed by atoms with Crippen LogP contribution in [0.3, 0.4) is 0 Å². The Morgan fingerprint density at radius 2 is 1.30 bits per heavy atom. The lowest BCUT2D eigenvalue weighted by molar-refractivity contribution is -0.214. The number of cyclic esters (lactones) is 1. The number of halogens is 1. The van der Waals surface area contributed by atoms with Crippen molar-refractivity contribution in [3.05, 3.63) is 59.4 Å². The van der Waals surface area contributed by atoms with E-state index in [1.54, 1.807) is 57.2 Å². The van der Waals surface area contributed by atoms with Crippen molar-refractivity contribution >= 4 is 29.2 Å². The second kappa shape index (κ2) is 9.05. The molecule has 0 unspecified atom stereocenters. The zero-order chi connectivity index (χ0) is 33.2. The highest BCUT2D eigenvalue weighted by Gasteiger charge is 2.68. The maximum atomic E-state index is 16.4. The van der Waals surface area contributed by atoms with Gasteiger partial charge in [-0.25, -0.2) is 9.18 Å². The number of nitrogens with zero attached hydrogens (tertiary/aromatic N) is 3. The van der Waals surface area contributed by atoms with Gasteiger partial charge in [0.1, 0.15) is 11.7 Å². The first-order valence-corrected chi connectivity index (χ1v) is 15.2. The van der Waals surface area contributed by atoms with Gasteiger partial charge in [0.2, 0.25) is 0 Å². The van der Waals surface area contributed by atoms with Gasteiger partial charge in [0, 0.05) is 5.56 Å². The summed E-state index contributed by atoms with van der Waals surface area (Å²) >= 11 is 0. The number of ether oxygens (including phenoxy) is 2. The van der Waals surface area contributed by atoms with E-state index in [2.05, 4.69) is 32.6 Å². The molecule has 2 fully saturated rings. The average molecular weight is 607 g/mol. The van der Waals surface area contributed by atoms with E-state index in [1.807, 2.05) is 41.5 Å². The summed E-state index contributed by atoms with van der Waals surface area (Å²) in [6, 6.07) is 11.9. The fraction of sp³-hybridized carbons (Fsp3) is 0.571. The van der Waals surface area contributed by atoms with Gasteiger partial charge >= 0.3 is 6.09 Å². The van der Waals surface area contributed by atoms with Crippen LogP contribution in [0.25, 0.3) is 0 Å². The smallest absolute Gasteiger partial charge is 0.415 e. The van der Waals surface area contributed by atoms with Crippen molar-refractivity contribution in [2.75, 3.05) is 9.80 Å². The molecule has 238 valence electrons. The monoisotopic (exact) mass is 606 g/mol. The van der Waals surface area contributed by atoms with Crippen molar-refractivity contribution < 1.29 is 23.5 Å². The Morgan fingerprint density at radius 1 is 0.773 bits per heavy atom. The molecule has 3 aliphatic rings. The summed E-state index contributed by atoms with van der Waals surface area (Å²) in [5, 5.41) is 8.88. The summed E-state index contributed by atoms with van der Waals surface area (Å²) in [4.78, 5) is 32.3. The highest BCUT2D eigenvalue weighted by Crippen LogP contribution is 2.54. The van der Waals surface area contributed by atoms with Crippen LogP contribution in [0, 0.1) is 11.2 Å². The predicted molar refractivity (Wildman–Crippen MR) is 171 cm³/mol. The third-order valence-corrected chi connectivity index (χ3v) is 11.8.